The van der Waals surface area contributed by atoms with Gasteiger partial charge < -0.3 is 19.5 Å². The minimum atomic E-state index is -0.523. The van der Waals surface area contributed by atoms with E-state index >= 15 is 0 Å². The summed E-state index contributed by atoms with van der Waals surface area (Å²) in [6.45, 7) is 0.389. The Hall–Kier alpha value is -4.39. The number of aliphatic imine (C=N–C) groups is 1. The molecule has 0 radical (unpaired) electrons. The summed E-state index contributed by atoms with van der Waals surface area (Å²) < 4.78 is 16.3. The van der Waals surface area contributed by atoms with Crippen LogP contribution in [-0.4, -0.2) is 38.0 Å². The number of carbonyl (C=O) groups excluding carboxylic acids is 2. The van der Waals surface area contributed by atoms with Gasteiger partial charge in [0.15, 0.2) is 23.8 Å². The van der Waals surface area contributed by atoms with E-state index in [0.29, 0.717) is 23.6 Å². The molecular weight excluding hydrogens is 432 g/mol. The maximum atomic E-state index is 12.2. The molecule has 4 rings (SSSR count). The highest BCUT2D eigenvalue weighted by Gasteiger charge is 2.24. The van der Waals surface area contributed by atoms with Crippen molar-refractivity contribution in [2.24, 2.45) is 4.99 Å². The lowest BCUT2D eigenvalue weighted by molar-refractivity contribution is -0.130. The number of hydrogen-bond acceptors (Lipinski definition) is 6. The Kier molecular flexibility index (Phi) is 7.35. The molecule has 1 amide bonds. The first-order chi connectivity index (χ1) is 16.6. The number of rotatable bonds is 9. The van der Waals surface area contributed by atoms with Gasteiger partial charge in [-0.05, 0) is 47.9 Å². The first-order valence-electron chi connectivity index (χ1n) is 10.8. The highest BCUT2D eigenvalue weighted by atomic mass is 16.6. The Bertz CT molecular complexity index is 1220. The predicted molar refractivity (Wildman–Crippen MR) is 129 cm³/mol. The third-order valence-electron chi connectivity index (χ3n) is 5.07. The summed E-state index contributed by atoms with van der Waals surface area (Å²) in [5.74, 6) is 0.378. The number of hydrogen-bond donors (Lipinski definition) is 1. The second-order valence-corrected chi connectivity index (χ2v) is 7.49. The number of nitrogens with one attached hydrogen (secondary N) is 1. The SMILES string of the molecule is COc1cc(C=C2N=C(c3ccccc3)OC2=O)ccc1OCC(=O)NCCc1ccccc1. The monoisotopic (exact) mass is 456 g/mol. The minimum Gasteiger partial charge on any atom is -0.493 e. The zero-order valence-electron chi connectivity index (χ0n) is 18.7. The average molecular weight is 456 g/mol. The van der Waals surface area contributed by atoms with Gasteiger partial charge in [-0.2, -0.15) is 0 Å². The Morgan fingerprint density at radius 3 is 2.47 bits per heavy atom. The molecule has 0 spiro atoms. The van der Waals surface area contributed by atoms with E-state index in [0.717, 1.165) is 17.5 Å². The molecule has 0 aromatic heterocycles. The van der Waals surface area contributed by atoms with Gasteiger partial charge in [-0.3, -0.25) is 4.79 Å². The van der Waals surface area contributed by atoms with E-state index < -0.39 is 5.97 Å². The van der Waals surface area contributed by atoms with Gasteiger partial charge in [0.1, 0.15) is 0 Å². The number of amides is 1. The molecular formula is C27H24N2O5. The van der Waals surface area contributed by atoms with E-state index in [1.54, 1.807) is 24.3 Å². The van der Waals surface area contributed by atoms with Gasteiger partial charge in [-0.15, -0.1) is 0 Å². The zero-order valence-corrected chi connectivity index (χ0v) is 18.7. The molecule has 0 saturated heterocycles. The summed E-state index contributed by atoms with van der Waals surface area (Å²) >= 11 is 0. The van der Waals surface area contributed by atoms with E-state index in [-0.39, 0.29) is 24.1 Å². The quantitative estimate of drug-likeness (QED) is 0.391. The van der Waals surface area contributed by atoms with Crippen molar-refractivity contribution < 1.29 is 23.8 Å². The zero-order chi connectivity index (χ0) is 23.8. The van der Waals surface area contributed by atoms with Crippen LogP contribution in [0.3, 0.4) is 0 Å². The fourth-order valence-electron chi connectivity index (χ4n) is 3.35. The van der Waals surface area contributed by atoms with E-state index in [1.165, 1.54) is 7.11 Å². The smallest absolute Gasteiger partial charge is 0.363 e. The molecule has 0 fully saturated rings. The Morgan fingerprint density at radius 2 is 1.74 bits per heavy atom. The van der Waals surface area contributed by atoms with Crippen LogP contribution in [0.4, 0.5) is 0 Å². The van der Waals surface area contributed by atoms with Gasteiger partial charge in [0.05, 0.1) is 7.11 Å². The second kappa shape index (κ2) is 11.0. The maximum absolute atomic E-state index is 12.2. The molecule has 0 aliphatic carbocycles. The van der Waals surface area contributed by atoms with E-state index in [1.807, 2.05) is 60.7 Å². The Balaban J connectivity index is 1.36. The topological polar surface area (TPSA) is 86.2 Å². The van der Waals surface area contributed by atoms with E-state index in [4.69, 9.17) is 14.2 Å². The summed E-state index contributed by atoms with van der Waals surface area (Å²) in [6.07, 6.45) is 2.36. The summed E-state index contributed by atoms with van der Waals surface area (Å²) in [5.41, 5.74) is 2.75. The molecule has 7 nitrogen and oxygen atoms in total. The van der Waals surface area contributed by atoms with Crippen LogP contribution in [0.15, 0.2) is 89.6 Å². The fourth-order valence-corrected chi connectivity index (χ4v) is 3.35. The highest BCUT2D eigenvalue weighted by molar-refractivity contribution is 6.12. The first-order valence-corrected chi connectivity index (χ1v) is 10.8. The van der Waals surface area contributed by atoms with Crippen molar-refractivity contribution in [3.05, 3.63) is 101 Å². The standard InChI is InChI=1S/C27H24N2O5/c1-32-24-17-20(16-22-27(31)34-26(29-22)21-10-6-3-7-11-21)12-13-23(24)33-18-25(30)28-15-14-19-8-4-2-5-9-19/h2-13,16-17H,14-15,18H2,1H3,(H,28,30). The van der Waals surface area contributed by atoms with Crippen LogP contribution in [0.2, 0.25) is 0 Å². The molecule has 0 saturated carbocycles. The number of ether oxygens (including phenoxy) is 3. The number of carbonyl (C=O) groups is 2. The molecule has 172 valence electrons. The number of esters is 1. The normalized spacial score (nSPS) is 13.9. The van der Waals surface area contributed by atoms with Gasteiger partial charge in [-0.25, -0.2) is 9.79 Å². The van der Waals surface area contributed by atoms with Crippen LogP contribution < -0.4 is 14.8 Å². The van der Waals surface area contributed by atoms with Crippen molar-refractivity contribution in [3.8, 4) is 11.5 Å². The number of cyclic esters (lactones) is 1. The van der Waals surface area contributed by atoms with Crippen molar-refractivity contribution >= 4 is 23.9 Å². The van der Waals surface area contributed by atoms with Gasteiger partial charge in [0.25, 0.3) is 5.91 Å². The lowest BCUT2D eigenvalue weighted by atomic mass is 10.1. The Labute approximate surface area is 197 Å². The largest absolute Gasteiger partial charge is 0.493 e. The molecule has 1 N–H and O–H groups in total. The number of nitrogens with zero attached hydrogens (tertiary/aromatic N) is 1. The van der Waals surface area contributed by atoms with Gasteiger partial charge in [0.2, 0.25) is 5.90 Å². The van der Waals surface area contributed by atoms with Crippen LogP contribution in [0, 0.1) is 0 Å². The van der Waals surface area contributed by atoms with Crippen LogP contribution in [0.25, 0.3) is 6.08 Å². The summed E-state index contributed by atoms with van der Waals surface area (Å²) in [4.78, 5) is 28.7. The molecule has 1 aliphatic rings. The fraction of sp³-hybridized carbons (Fsp3) is 0.148. The second-order valence-electron chi connectivity index (χ2n) is 7.49. The highest BCUT2D eigenvalue weighted by Crippen LogP contribution is 2.29. The lowest BCUT2D eigenvalue weighted by Gasteiger charge is -2.11. The van der Waals surface area contributed by atoms with Crippen molar-refractivity contribution in [1.29, 1.82) is 0 Å². The van der Waals surface area contributed by atoms with Crippen molar-refractivity contribution in [2.75, 3.05) is 20.3 Å². The predicted octanol–water partition coefficient (Wildman–Crippen LogP) is 3.78. The van der Waals surface area contributed by atoms with E-state index in [9.17, 15) is 9.59 Å². The van der Waals surface area contributed by atoms with Gasteiger partial charge >= 0.3 is 5.97 Å². The number of methoxy groups -OCH3 is 1. The van der Waals surface area contributed by atoms with Crippen molar-refractivity contribution in [2.45, 2.75) is 6.42 Å². The maximum Gasteiger partial charge on any atom is 0.363 e. The minimum absolute atomic E-state index is 0.136. The number of benzene rings is 3. The summed E-state index contributed by atoms with van der Waals surface area (Å²) in [5, 5.41) is 2.84. The molecule has 1 aliphatic heterocycles. The average Bonchev–Trinajstić information content (AvgIpc) is 3.24. The van der Waals surface area contributed by atoms with Crippen LogP contribution in [0.1, 0.15) is 16.7 Å². The van der Waals surface area contributed by atoms with Crippen LogP contribution >= 0.6 is 0 Å². The van der Waals surface area contributed by atoms with Crippen LogP contribution in [0.5, 0.6) is 11.5 Å². The molecule has 0 unspecified atom stereocenters. The molecule has 0 bridgehead atoms. The molecule has 1 heterocycles. The third-order valence-corrected chi connectivity index (χ3v) is 5.07. The summed E-state index contributed by atoms with van der Waals surface area (Å²) in [6, 6.07) is 24.3. The molecule has 34 heavy (non-hydrogen) atoms. The van der Waals surface area contributed by atoms with Crippen molar-refractivity contribution in [1.82, 2.24) is 5.32 Å². The Morgan fingerprint density at radius 1 is 1.00 bits per heavy atom. The molecule has 3 aromatic carbocycles. The molecule has 0 atom stereocenters. The lowest BCUT2D eigenvalue weighted by Crippen LogP contribution is -2.30. The summed E-state index contributed by atoms with van der Waals surface area (Å²) in [7, 11) is 1.51. The van der Waals surface area contributed by atoms with Gasteiger partial charge in [0, 0.05) is 12.1 Å². The van der Waals surface area contributed by atoms with Crippen molar-refractivity contribution in [3.63, 3.8) is 0 Å². The molecule has 3 aromatic rings. The third kappa shape index (κ3) is 5.89. The van der Waals surface area contributed by atoms with Crippen LogP contribution in [-0.2, 0) is 20.7 Å². The van der Waals surface area contributed by atoms with Gasteiger partial charge in [-0.1, -0.05) is 54.6 Å². The molecule has 7 heteroatoms. The first kappa shape index (κ1) is 22.8. The van der Waals surface area contributed by atoms with E-state index in [2.05, 4.69) is 10.3 Å².